The lowest BCUT2D eigenvalue weighted by Crippen LogP contribution is -2.10. The topological polar surface area (TPSA) is 45.8 Å². The van der Waals surface area contributed by atoms with Crippen molar-refractivity contribution in [2.24, 2.45) is 0 Å². The van der Waals surface area contributed by atoms with Crippen LogP contribution < -0.4 is 5.56 Å². The van der Waals surface area contributed by atoms with Gasteiger partial charge in [-0.25, -0.2) is 4.98 Å². The summed E-state index contributed by atoms with van der Waals surface area (Å²) in [5.41, 5.74) is 0.855. The van der Waals surface area contributed by atoms with Crippen LogP contribution in [-0.2, 0) is 6.42 Å². The number of thioether (sulfide) groups is 2. The van der Waals surface area contributed by atoms with Crippen molar-refractivity contribution in [3.05, 3.63) is 22.1 Å². The molecule has 1 aromatic rings. The number of aryl methyl sites for hydroxylation is 1. The molecule has 1 rings (SSSR count). The molecule has 0 unspecified atom stereocenters. The van der Waals surface area contributed by atoms with Gasteiger partial charge in [0.1, 0.15) is 0 Å². The highest BCUT2D eigenvalue weighted by Crippen LogP contribution is 2.13. The predicted molar refractivity (Wildman–Crippen MR) is 68.0 cm³/mol. The molecule has 1 aromatic heterocycles. The second-order valence-electron chi connectivity index (χ2n) is 3.13. The minimum Gasteiger partial charge on any atom is -0.301 e. The molecule has 0 atom stereocenters. The van der Waals surface area contributed by atoms with Gasteiger partial charge >= 0.3 is 0 Å². The van der Waals surface area contributed by atoms with Gasteiger partial charge in [0, 0.05) is 23.3 Å². The van der Waals surface area contributed by atoms with E-state index in [1.807, 2.05) is 0 Å². The van der Waals surface area contributed by atoms with E-state index in [4.69, 9.17) is 0 Å². The molecule has 84 valence electrons. The van der Waals surface area contributed by atoms with Gasteiger partial charge in [0.05, 0.1) is 0 Å². The van der Waals surface area contributed by atoms with Crippen LogP contribution >= 0.6 is 23.5 Å². The Labute approximate surface area is 98.5 Å². The smallest absolute Gasteiger partial charge is 0.251 e. The van der Waals surface area contributed by atoms with Crippen molar-refractivity contribution in [1.82, 2.24) is 9.97 Å². The molecule has 0 aromatic carbocycles. The largest absolute Gasteiger partial charge is 0.301 e. The van der Waals surface area contributed by atoms with Crippen molar-refractivity contribution in [2.75, 3.05) is 17.8 Å². The number of nitrogens with zero attached hydrogens (tertiary/aromatic N) is 1. The van der Waals surface area contributed by atoms with Crippen LogP contribution in [0.2, 0.25) is 0 Å². The summed E-state index contributed by atoms with van der Waals surface area (Å²) in [5.74, 6) is 2.06. The fourth-order valence-electron chi connectivity index (χ4n) is 1.16. The molecule has 0 fully saturated rings. The van der Waals surface area contributed by atoms with Crippen LogP contribution in [0, 0.1) is 0 Å². The molecular formula is C10H16N2OS2. The zero-order chi connectivity index (χ0) is 11.1. The lowest BCUT2D eigenvalue weighted by atomic mass is 10.2. The summed E-state index contributed by atoms with van der Waals surface area (Å²) >= 11 is 3.41. The number of H-pyrrole nitrogens is 1. The van der Waals surface area contributed by atoms with E-state index in [9.17, 15) is 4.79 Å². The van der Waals surface area contributed by atoms with Gasteiger partial charge in [-0.2, -0.15) is 11.8 Å². The molecule has 1 N–H and O–H groups in total. The van der Waals surface area contributed by atoms with Crippen molar-refractivity contribution in [2.45, 2.75) is 24.9 Å². The molecule has 0 saturated heterocycles. The van der Waals surface area contributed by atoms with Crippen LogP contribution in [0.5, 0.6) is 0 Å². The average molecular weight is 244 g/mol. The molecule has 0 aliphatic carbocycles. The maximum Gasteiger partial charge on any atom is 0.251 e. The Morgan fingerprint density at radius 3 is 2.93 bits per heavy atom. The van der Waals surface area contributed by atoms with Gasteiger partial charge in [-0.15, -0.1) is 0 Å². The standard InChI is InChI=1S/C10H16N2OS2/c1-3-4-8-7-9(13)12-10(11-8)15-6-5-14-2/h7H,3-6H2,1-2H3,(H,11,12,13). The van der Waals surface area contributed by atoms with E-state index < -0.39 is 0 Å². The second-order valence-corrected chi connectivity index (χ2v) is 5.20. The number of aromatic nitrogens is 2. The van der Waals surface area contributed by atoms with Gasteiger partial charge in [-0.05, 0) is 12.7 Å². The zero-order valence-corrected chi connectivity index (χ0v) is 10.7. The molecule has 0 saturated carbocycles. The fourth-order valence-corrected chi connectivity index (χ4v) is 2.71. The van der Waals surface area contributed by atoms with Crippen molar-refractivity contribution in [3.8, 4) is 0 Å². The normalized spacial score (nSPS) is 10.5. The molecule has 0 radical (unpaired) electrons. The first-order chi connectivity index (χ1) is 7.26. The van der Waals surface area contributed by atoms with E-state index in [0.29, 0.717) is 0 Å². The van der Waals surface area contributed by atoms with Crippen LogP contribution in [0.4, 0.5) is 0 Å². The van der Waals surface area contributed by atoms with Gasteiger partial charge in [0.15, 0.2) is 5.16 Å². The van der Waals surface area contributed by atoms with E-state index in [2.05, 4.69) is 23.1 Å². The van der Waals surface area contributed by atoms with Gasteiger partial charge in [0.25, 0.3) is 5.56 Å². The summed E-state index contributed by atoms with van der Waals surface area (Å²) in [5, 5.41) is 0.750. The van der Waals surface area contributed by atoms with Crippen molar-refractivity contribution >= 4 is 23.5 Å². The number of nitrogens with one attached hydrogen (secondary N) is 1. The molecule has 5 heteroatoms. The minimum absolute atomic E-state index is 0.0416. The summed E-state index contributed by atoms with van der Waals surface area (Å²) in [7, 11) is 0. The highest BCUT2D eigenvalue weighted by Gasteiger charge is 2.01. The quantitative estimate of drug-likeness (QED) is 0.473. The summed E-state index contributed by atoms with van der Waals surface area (Å²) in [6, 6.07) is 1.59. The fraction of sp³-hybridized carbons (Fsp3) is 0.600. The Morgan fingerprint density at radius 1 is 1.47 bits per heavy atom. The highest BCUT2D eigenvalue weighted by molar-refractivity contribution is 8.02. The Hall–Kier alpha value is -0.420. The molecule has 0 spiro atoms. The summed E-state index contributed by atoms with van der Waals surface area (Å²) < 4.78 is 0. The monoisotopic (exact) mass is 244 g/mol. The lowest BCUT2D eigenvalue weighted by Gasteiger charge is -2.02. The number of hydrogen-bond donors (Lipinski definition) is 1. The van der Waals surface area contributed by atoms with Crippen molar-refractivity contribution in [3.63, 3.8) is 0 Å². The predicted octanol–water partition coefficient (Wildman–Crippen LogP) is 2.18. The lowest BCUT2D eigenvalue weighted by molar-refractivity contribution is 0.816. The van der Waals surface area contributed by atoms with Gasteiger partial charge < -0.3 is 4.98 Å². The van der Waals surface area contributed by atoms with E-state index >= 15 is 0 Å². The van der Waals surface area contributed by atoms with Crippen LogP contribution in [0.15, 0.2) is 16.0 Å². The van der Waals surface area contributed by atoms with Gasteiger partial charge in [-0.1, -0.05) is 25.1 Å². The van der Waals surface area contributed by atoms with Gasteiger partial charge in [-0.3, -0.25) is 4.79 Å². The third-order valence-electron chi connectivity index (χ3n) is 1.81. The first-order valence-corrected chi connectivity index (χ1v) is 7.36. The average Bonchev–Trinajstić information content (AvgIpc) is 2.18. The molecule has 0 aliphatic rings. The molecule has 0 bridgehead atoms. The maximum atomic E-state index is 11.3. The van der Waals surface area contributed by atoms with Crippen LogP contribution in [-0.4, -0.2) is 27.7 Å². The van der Waals surface area contributed by atoms with Crippen molar-refractivity contribution < 1.29 is 0 Å². The van der Waals surface area contributed by atoms with Gasteiger partial charge in [0.2, 0.25) is 0 Å². The third kappa shape index (κ3) is 4.75. The number of hydrogen-bond acceptors (Lipinski definition) is 4. The Balaban J connectivity index is 2.66. The molecule has 0 amide bonds. The first-order valence-electron chi connectivity index (χ1n) is 4.98. The van der Waals surface area contributed by atoms with Crippen molar-refractivity contribution in [1.29, 1.82) is 0 Å². The summed E-state index contributed by atoms with van der Waals surface area (Å²) in [6.45, 7) is 2.09. The molecule has 1 heterocycles. The SMILES string of the molecule is CCCc1cc(=O)[nH]c(SCCSC)n1. The van der Waals surface area contributed by atoms with E-state index in [0.717, 1.165) is 35.2 Å². The summed E-state index contributed by atoms with van der Waals surface area (Å²) in [4.78, 5) is 18.4. The minimum atomic E-state index is -0.0416. The van der Waals surface area contributed by atoms with Crippen LogP contribution in [0.1, 0.15) is 19.0 Å². The Morgan fingerprint density at radius 2 is 2.27 bits per heavy atom. The molecule has 3 nitrogen and oxygen atoms in total. The second kappa shape index (κ2) is 6.95. The van der Waals surface area contributed by atoms with Crippen LogP contribution in [0.25, 0.3) is 0 Å². The van der Waals surface area contributed by atoms with Crippen LogP contribution in [0.3, 0.4) is 0 Å². The first kappa shape index (κ1) is 12.6. The third-order valence-corrected chi connectivity index (χ3v) is 3.55. The molecule has 15 heavy (non-hydrogen) atoms. The number of aromatic amines is 1. The van der Waals surface area contributed by atoms with E-state index in [1.165, 1.54) is 0 Å². The molecular weight excluding hydrogens is 228 g/mol. The van der Waals surface area contributed by atoms with E-state index in [-0.39, 0.29) is 5.56 Å². The Kier molecular flexibility index (Phi) is 5.86. The highest BCUT2D eigenvalue weighted by atomic mass is 32.2. The summed E-state index contributed by atoms with van der Waals surface area (Å²) in [6.07, 6.45) is 3.97. The maximum absolute atomic E-state index is 11.3. The number of rotatable bonds is 6. The Bertz CT molecular complexity index is 352. The van der Waals surface area contributed by atoms with E-state index in [1.54, 1.807) is 29.6 Å². The zero-order valence-electron chi connectivity index (χ0n) is 9.08. The molecule has 0 aliphatic heterocycles.